The smallest absolute Gasteiger partial charge is 0.246 e. The molecule has 1 amide bonds. The number of ether oxygens (including phenoxy) is 2. The number of likely N-dealkylation sites (N-methyl/N-ethyl adjacent to an activating group) is 1. The minimum Gasteiger partial charge on any atom is -0.493 e. The number of rotatable bonds is 6. The summed E-state index contributed by atoms with van der Waals surface area (Å²) in [7, 11) is 3.61. The summed E-state index contributed by atoms with van der Waals surface area (Å²) in [5, 5.41) is 0. The molecule has 1 spiro atoms. The van der Waals surface area contributed by atoms with Crippen molar-refractivity contribution in [3.05, 3.63) is 65.2 Å². The number of likely N-dealkylation sites (tertiary alicyclic amines) is 1. The third-order valence-corrected chi connectivity index (χ3v) is 9.09. The van der Waals surface area contributed by atoms with E-state index in [0.717, 1.165) is 49.3 Å². The Morgan fingerprint density at radius 2 is 2.00 bits per heavy atom. The molecule has 0 unspecified atom stereocenters. The van der Waals surface area contributed by atoms with Crippen LogP contribution in [-0.2, 0) is 21.4 Å². The molecule has 188 valence electrons. The predicted octanol–water partition coefficient (Wildman–Crippen LogP) is 3.86. The molecule has 2 aliphatic heterocycles. The zero-order valence-electron chi connectivity index (χ0n) is 21.3. The second kappa shape index (κ2) is 8.77. The summed E-state index contributed by atoms with van der Waals surface area (Å²) in [6.07, 6.45) is 7.19. The molecular weight excluding hydrogens is 452 g/mol. The molecule has 4 aliphatic rings. The highest BCUT2D eigenvalue weighted by atomic mass is 16.5. The predicted molar refractivity (Wildman–Crippen MR) is 138 cm³/mol. The first-order chi connectivity index (χ1) is 17.4. The fourth-order valence-corrected chi connectivity index (χ4v) is 7.64. The lowest BCUT2D eigenvalue weighted by Crippen LogP contribution is -2.69. The molecular formula is C30H34N2O4. The van der Waals surface area contributed by atoms with E-state index < -0.39 is 0 Å². The third kappa shape index (κ3) is 3.41. The van der Waals surface area contributed by atoms with Crippen LogP contribution in [0, 0.1) is 5.92 Å². The second-order valence-corrected chi connectivity index (χ2v) is 10.8. The van der Waals surface area contributed by atoms with E-state index in [1.807, 2.05) is 54.4 Å². The summed E-state index contributed by atoms with van der Waals surface area (Å²) in [5.41, 5.74) is 3.46. The van der Waals surface area contributed by atoms with Crippen LogP contribution >= 0.6 is 0 Å². The first-order valence-electron chi connectivity index (χ1n) is 13.0. The van der Waals surface area contributed by atoms with Crippen molar-refractivity contribution in [3.63, 3.8) is 0 Å². The first-order valence-corrected chi connectivity index (χ1v) is 13.0. The van der Waals surface area contributed by atoms with Crippen LogP contribution in [0.3, 0.4) is 0 Å². The number of Topliss-reactive ketones (excluding diaryl/α,β-unsaturated/α-hetero) is 1. The highest BCUT2D eigenvalue weighted by Gasteiger charge is 2.66. The van der Waals surface area contributed by atoms with E-state index in [0.29, 0.717) is 18.5 Å². The van der Waals surface area contributed by atoms with Crippen molar-refractivity contribution in [2.75, 3.05) is 27.2 Å². The average molecular weight is 487 g/mol. The molecule has 5 atom stereocenters. The van der Waals surface area contributed by atoms with E-state index in [9.17, 15) is 9.59 Å². The van der Waals surface area contributed by atoms with Gasteiger partial charge in [0.15, 0.2) is 11.5 Å². The molecule has 36 heavy (non-hydrogen) atoms. The molecule has 6 heteroatoms. The van der Waals surface area contributed by atoms with Gasteiger partial charge in [-0.1, -0.05) is 36.4 Å². The van der Waals surface area contributed by atoms with Crippen LogP contribution in [0.1, 0.15) is 42.9 Å². The maximum absolute atomic E-state index is 13.3. The van der Waals surface area contributed by atoms with Crippen LogP contribution in [0.2, 0.25) is 0 Å². The zero-order valence-corrected chi connectivity index (χ0v) is 21.3. The lowest BCUT2D eigenvalue weighted by atomic mass is 9.51. The minimum absolute atomic E-state index is 0.00757. The van der Waals surface area contributed by atoms with E-state index in [1.165, 1.54) is 11.1 Å². The summed E-state index contributed by atoms with van der Waals surface area (Å²) in [6.45, 7) is 3.06. The highest BCUT2D eigenvalue weighted by Crippen LogP contribution is 2.64. The molecule has 0 aromatic heterocycles. The maximum atomic E-state index is 13.3. The van der Waals surface area contributed by atoms with E-state index in [1.54, 1.807) is 20.1 Å². The summed E-state index contributed by atoms with van der Waals surface area (Å²) in [6, 6.07) is 14.4. The fourth-order valence-electron chi connectivity index (χ4n) is 7.64. The number of benzene rings is 2. The number of ketones is 1. The monoisotopic (exact) mass is 486 g/mol. The number of piperidine rings is 1. The number of nitrogens with zero attached hydrogens (tertiary/aromatic N) is 2. The van der Waals surface area contributed by atoms with Gasteiger partial charge in [0.1, 0.15) is 11.9 Å². The van der Waals surface area contributed by atoms with Crippen LogP contribution in [0.5, 0.6) is 11.5 Å². The molecule has 0 radical (unpaired) electrons. The molecule has 2 aromatic carbocycles. The molecule has 2 aromatic rings. The number of amides is 1. The summed E-state index contributed by atoms with van der Waals surface area (Å²) < 4.78 is 12.6. The topological polar surface area (TPSA) is 59.1 Å². The van der Waals surface area contributed by atoms with Crippen molar-refractivity contribution in [2.24, 2.45) is 5.92 Å². The Labute approximate surface area is 212 Å². The summed E-state index contributed by atoms with van der Waals surface area (Å²) in [5.74, 6) is 2.26. The zero-order chi connectivity index (χ0) is 25.0. The molecule has 2 aliphatic carbocycles. The lowest BCUT2D eigenvalue weighted by Gasteiger charge is -2.60. The van der Waals surface area contributed by atoms with Gasteiger partial charge < -0.3 is 14.4 Å². The Kier molecular flexibility index (Phi) is 5.67. The number of hydrogen-bond acceptors (Lipinski definition) is 5. The normalized spacial score (nSPS) is 30.0. The first kappa shape index (κ1) is 23.3. The number of carbonyl (C=O) groups excluding carboxylic acids is 2. The molecule has 0 N–H and O–H groups in total. The van der Waals surface area contributed by atoms with Crippen LogP contribution in [0.25, 0.3) is 6.08 Å². The Morgan fingerprint density at radius 3 is 2.75 bits per heavy atom. The largest absolute Gasteiger partial charge is 0.493 e. The van der Waals surface area contributed by atoms with Crippen LogP contribution in [0.15, 0.2) is 48.5 Å². The average Bonchev–Trinajstić information content (AvgIpc) is 3.23. The molecule has 2 fully saturated rings. The third-order valence-electron chi connectivity index (χ3n) is 9.09. The van der Waals surface area contributed by atoms with Crippen LogP contribution in [0.4, 0.5) is 0 Å². The number of hydrogen-bond donors (Lipinski definition) is 0. The van der Waals surface area contributed by atoms with E-state index >= 15 is 0 Å². The van der Waals surface area contributed by atoms with Crippen molar-refractivity contribution < 1.29 is 19.1 Å². The van der Waals surface area contributed by atoms with Gasteiger partial charge in [-0.25, -0.2) is 0 Å². The quantitative estimate of drug-likeness (QED) is 0.581. The van der Waals surface area contributed by atoms with Gasteiger partial charge >= 0.3 is 0 Å². The van der Waals surface area contributed by atoms with Gasteiger partial charge in [-0.2, -0.15) is 0 Å². The van der Waals surface area contributed by atoms with Crippen molar-refractivity contribution in [3.8, 4) is 11.5 Å². The van der Waals surface area contributed by atoms with Crippen molar-refractivity contribution in [1.82, 2.24) is 9.80 Å². The number of methoxy groups -OCH3 is 1. The second-order valence-electron chi connectivity index (χ2n) is 10.8. The summed E-state index contributed by atoms with van der Waals surface area (Å²) >= 11 is 0. The molecule has 2 bridgehead atoms. The summed E-state index contributed by atoms with van der Waals surface area (Å²) in [4.78, 5) is 29.7. The van der Waals surface area contributed by atoms with Gasteiger partial charge in [0.2, 0.25) is 5.91 Å². The van der Waals surface area contributed by atoms with Crippen molar-refractivity contribution in [1.29, 1.82) is 0 Å². The molecule has 2 heterocycles. The van der Waals surface area contributed by atoms with E-state index in [4.69, 9.17) is 9.47 Å². The molecule has 6 nitrogen and oxygen atoms in total. The van der Waals surface area contributed by atoms with Gasteiger partial charge in [0.05, 0.1) is 19.7 Å². The molecule has 1 saturated heterocycles. The Hall–Kier alpha value is -3.12. The highest BCUT2D eigenvalue weighted by molar-refractivity contribution is 5.92. The SMILES string of the molecule is COc1ccc2c3c1O[C@H]1[C@H](N(C)C(=O)C=Cc4ccccc4)CC[C@H]4[C@@H](C2)N(CC(C)=O)CC[C@@]341. The van der Waals surface area contributed by atoms with Gasteiger partial charge in [-0.3, -0.25) is 14.5 Å². The number of carbonyl (C=O) groups is 2. The Bertz CT molecular complexity index is 1220. The van der Waals surface area contributed by atoms with Crippen LogP contribution < -0.4 is 9.47 Å². The Balaban J connectivity index is 1.37. The van der Waals surface area contributed by atoms with Crippen LogP contribution in [-0.4, -0.2) is 66.9 Å². The maximum Gasteiger partial charge on any atom is 0.246 e. The van der Waals surface area contributed by atoms with Gasteiger partial charge in [-0.15, -0.1) is 0 Å². The minimum atomic E-state index is -0.157. The molecule has 6 rings (SSSR count). The van der Waals surface area contributed by atoms with Crippen molar-refractivity contribution >= 4 is 17.8 Å². The van der Waals surface area contributed by atoms with Gasteiger partial charge in [-0.05, 0) is 68.3 Å². The fraction of sp³-hybridized carbons (Fsp3) is 0.467. The van der Waals surface area contributed by atoms with Gasteiger partial charge in [0, 0.05) is 30.1 Å². The molecule has 1 saturated carbocycles. The van der Waals surface area contributed by atoms with E-state index in [-0.39, 0.29) is 29.3 Å². The van der Waals surface area contributed by atoms with E-state index in [2.05, 4.69) is 11.0 Å². The standard InChI is InChI=1S/C30H34N2O4/c1-19(33)18-32-16-15-30-22-11-12-23(31(2)26(34)14-9-20-7-5-4-6-8-20)29(30)36-28-25(35-3)13-10-21(27(28)30)17-24(22)32/h4-10,13-14,22-24,29H,11-12,15-18H2,1-3H3/t22-,23+,24+,29-,30-/m0/s1. The lowest BCUT2D eigenvalue weighted by molar-refractivity contribution is -0.136. The van der Waals surface area contributed by atoms with Gasteiger partial charge in [0.25, 0.3) is 0 Å². The van der Waals surface area contributed by atoms with Crippen molar-refractivity contribution in [2.45, 2.75) is 56.2 Å². The Morgan fingerprint density at radius 1 is 1.19 bits per heavy atom.